The molecular formula is C15H16. The Hall–Kier alpha value is -1.56. The second-order valence-electron chi connectivity index (χ2n) is 4.17. The summed E-state index contributed by atoms with van der Waals surface area (Å²) in [5.74, 6) is 0. The quantitative estimate of drug-likeness (QED) is 0.633. The molecule has 1 aromatic carbocycles. The van der Waals surface area contributed by atoms with Crippen LogP contribution < -0.4 is 0 Å². The Labute approximate surface area is 91.6 Å². The maximum Gasteiger partial charge on any atom is -0.0192 e. The molecule has 0 atom stereocenters. The Morgan fingerprint density at radius 2 is 1.40 bits per heavy atom. The lowest BCUT2D eigenvalue weighted by atomic mass is 9.98. The zero-order valence-electron chi connectivity index (χ0n) is 9.54. The normalized spacial score (nSPS) is 13.7. The lowest BCUT2D eigenvalue weighted by molar-refractivity contribution is 1.30. The molecule has 1 aliphatic carbocycles. The maximum absolute atomic E-state index is 2.25. The van der Waals surface area contributed by atoms with Gasteiger partial charge in [-0.25, -0.2) is 0 Å². The lowest BCUT2D eigenvalue weighted by Crippen LogP contribution is -1.89. The van der Waals surface area contributed by atoms with Gasteiger partial charge in [0, 0.05) is 0 Å². The molecule has 0 amide bonds. The van der Waals surface area contributed by atoms with Crippen molar-refractivity contribution in [3.8, 4) is 0 Å². The maximum atomic E-state index is 2.25. The van der Waals surface area contributed by atoms with Gasteiger partial charge in [-0.1, -0.05) is 42.0 Å². The molecule has 0 saturated carbocycles. The summed E-state index contributed by atoms with van der Waals surface area (Å²) >= 11 is 0. The van der Waals surface area contributed by atoms with E-state index in [9.17, 15) is 0 Å². The van der Waals surface area contributed by atoms with E-state index in [1.165, 1.54) is 27.8 Å². The molecule has 0 heterocycles. The summed E-state index contributed by atoms with van der Waals surface area (Å²) in [4.78, 5) is 0. The van der Waals surface area contributed by atoms with Crippen LogP contribution in [0.4, 0.5) is 0 Å². The van der Waals surface area contributed by atoms with Gasteiger partial charge in [-0.3, -0.25) is 0 Å². The van der Waals surface area contributed by atoms with Crippen LogP contribution in [0.3, 0.4) is 0 Å². The van der Waals surface area contributed by atoms with E-state index in [1.807, 2.05) is 0 Å². The molecule has 0 spiro atoms. The molecule has 0 radical (unpaired) electrons. The molecular weight excluding hydrogens is 180 g/mol. The third-order valence-corrected chi connectivity index (χ3v) is 2.74. The first-order chi connectivity index (χ1) is 7.16. The van der Waals surface area contributed by atoms with E-state index >= 15 is 0 Å². The van der Waals surface area contributed by atoms with Crippen molar-refractivity contribution in [3.05, 3.63) is 64.3 Å². The van der Waals surface area contributed by atoms with Crippen molar-refractivity contribution in [2.24, 2.45) is 0 Å². The molecule has 0 N–H and O–H groups in total. The van der Waals surface area contributed by atoms with Crippen molar-refractivity contribution in [1.82, 2.24) is 0 Å². The van der Waals surface area contributed by atoms with Gasteiger partial charge < -0.3 is 0 Å². The highest BCUT2D eigenvalue weighted by Gasteiger charge is 2.02. The second-order valence-corrected chi connectivity index (χ2v) is 4.17. The fourth-order valence-corrected chi connectivity index (χ4v) is 2.07. The summed E-state index contributed by atoms with van der Waals surface area (Å²) in [5, 5.41) is 0. The predicted octanol–water partition coefficient (Wildman–Crippen LogP) is 4.12. The first kappa shape index (κ1) is 9.97. The van der Waals surface area contributed by atoms with Crippen LogP contribution >= 0.6 is 0 Å². The second kappa shape index (κ2) is 3.90. The number of allylic oxidation sites excluding steroid dienone is 5. The fraction of sp³-hybridized carbons (Fsp3) is 0.200. The standard InChI is InChI=1S/C15H16/c1-11-8-12(2)15(13(3)9-11)10-14-6-4-5-7-14/h4-10H,1-3H3. The van der Waals surface area contributed by atoms with E-state index in [-0.39, 0.29) is 0 Å². The molecule has 1 aliphatic rings. The number of benzene rings is 1. The van der Waals surface area contributed by atoms with E-state index in [0.29, 0.717) is 0 Å². The molecule has 0 aromatic heterocycles. The van der Waals surface area contributed by atoms with Gasteiger partial charge in [0.15, 0.2) is 0 Å². The monoisotopic (exact) mass is 196 g/mol. The Morgan fingerprint density at radius 3 is 1.93 bits per heavy atom. The molecule has 0 bridgehead atoms. The molecule has 0 nitrogen and oxygen atoms in total. The van der Waals surface area contributed by atoms with E-state index in [0.717, 1.165) is 0 Å². The van der Waals surface area contributed by atoms with Crippen LogP contribution in [0.25, 0.3) is 6.08 Å². The van der Waals surface area contributed by atoms with Crippen molar-refractivity contribution in [3.63, 3.8) is 0 Å². The van der Waals surface area contributed by atoms with Crippen molar-refractivity contribution < 1.29 is 0 Å². The van der Waals surface area contributed by atoms with Crippen LogP contribution in [0.2, 0.25) is 0 Å². The van der Waals surface area contributed by atoms with Gasteiger partial charge in [0.05, 0.1) is 0 Å². The summed E-state index contributed by atoms with van der Waals surface area (Å²) in [7, 11) is 0. The fourth-order valence-electron chi connectivity index (χ4n) is 2.07. The van der Waals surface area contributed by atoms with E-state index in [1.54, 1.807) is 0 Å². The van der Waals surface area contributed by atoms with Crippen LogP contribution in [0.15, 0.2) is 42.0 Å². The highest BCUT2D eigenvalue weighted by Crippen LogP contribution is 2.21. The third kappa shape index (κ3) is 2.10. The molecule has 0 aliphatic heterocycles. The topological polar surface area (TPSA) is 0 Å². The van der Waals surface area contributed by atoms with E-state index in [2.05, 4.69) is 63.3 Å². The largest absolute Gasteiger partial charge is 0.0617 e. The lowest BCUT2D eigenvalue weighted by Gasteiger charge is -2.07. The summed E-state index contributed by atoms with van der Waals surface area (Å²) in [6.45, 7) is 6.50. The van der Waals surface area contributed by atoms with Gasteiger partial charge in [0.25, 0.3) is 0 Å². The van der Waals surface area contributed by atoms with Gasteiger partial charge in [0.2, 0.25) is 0 Å². The summed E-state index contributed by atoms with van der Waals surface area (Å²) in [6.07, 6.45) is 10.7. The van der Waals surface area contributed by atoms with Gasteiger partial charge >= 0.3 is 0 Å². The number of hydrogen-bond acceptors (Lipinski definition) is 0. The van der Waals surface area contributed by atoms with Gasteiger partial charge in [-0.05, 0) is 49.1 Å². The molecule has 0 unspecified atom stereocenters. The Kier molecular flexibility index (Phi) is 2.59. The minimum Gasteiger partial charge on any atom is -0.0617 e. The first-order valence-corrected chi connectivity index (χ1v) is 5.31. The Bertz CT molecular complexity index is 434. The molecule has 76 valence electrons. The van der Waals surface area contributed by atoms with E-state index < -0.39 is 0 Å². The molecule has 2 rings (SSSR count). The highest BCUT2D eigenvalue weighted by molar-refractivity contribution is 5.66. The Morgan fingerprint density at radius 1 is 0.867 bits per heavy atom. The number of aryl methyl sites for hydroxylation is 3. The van der Waals surface area contributed by atoms with Gasteiger partial charge in [-0.15, -0.1) is 0 Å². The third-order valence-electron chi connectivity index (χ3n) is 2.74. The molecule has 15 heavy (non-hydrogen) atoms. The molecule has 1 aromatic rings. The zero-order chi connectivity index (χ0) is 10.8. The highest BCUT2D eigenvalue weighted by atomic mass is 14.1. The molecule has 0 fully saturated rings. The van der Waals surface area contributed by atoms with Crippen LogP contribution in [-0.2, 0) is 0 Å². The van der Waals surface area contributed by atoms with E-state index in [4.69, 9.17) is 0 Å². The SMILES string of the molecule is Cc1cc(C)c(C=C2C=CC=C2)c(C)c1. The van der Waals surface area contributed by atoms with Gasteiger partial charge in [0.1, 0.15) is 0 Å². The number of hydrogen-bond donors (Lipinski definition) is 0. The Balaban J connectivity index is 2.49. The summed E-state index contributed by atoms with van der Waals surface area (Å²) in [6, 6.07) is 4.48. The number of rotatable bonds is 1. The van der Waals surface area contributed by atoms with Crippen LogP contribution in [-0.4, -0.2) is 0 Å². The summed E-state index contributed by atoms with van der Waals surface area (Å²) < 4.78 is 0. The average Bonchev–Trinajstić information content (AvgIpc) is 2.63. The summed E-state index contributed by atoms with van der Waals surface area (Å²) in [5.41, 5.74) is 6.68. The van der Waals surface area contributed by atoms with Crippen LogP contribution in [0.5, 0.6) is 0 Å². The minimum absolute atomic E-state index is 1.28. The van der Waals surface area contributed by atoms with Crippen molar-refractivity contribution in [2.45, 2.75) is 20.8 Å². The van der Waals surface area contributed by atoms with Gasteiger partial charge in [-0.2, -0.15) is 0 Å². The van der Waals surface area contributed by atoms with Crippen molar-refractivity contribution in [1.29, 1.82) is 0 Å². The van der Waals surface area contributed by atoms with Crippen molar-refractivity contribution >= 4 is 6.08 Å². The zero-order valence-corrected chi connectivity index (χ0v) is 9.54. The molecule has 0 saturated heterocycles. The minimum atomic E-state index is 1.28. The average molecular weight is 196 g/mol. The predicted molar refractivity (Wildman–Crippen MR) is 66.9 cm³/mol. The first-order valence-electron chi connectivity index (χ1n) is 5.31. The van der Waals surface area contributed by atoms with Crippen LogP contribution in [0, 0.1) is 20.8 Å². The smallest absolute Gasteiger partial charge is 0.0192 e. The molecule has 0 heteroatoms. The van der Waals surface area contributed by atoms with Crippen LogP contribution in [0.1, 0.15) is 22.3 Å². The van der Waals surface area contributed by atoms with Crippen molar-refractivity contribution in [2.75, 3.05) is 0 Å².